The van der Waals surface area contributed by atoms with Crippen LogP contribution in [0.25, 0.3) is 0 Å². The van der Waals surface area contributed by atoms with Gasteiger partial charge in [0, 0.05) is 13.1 Å². The van der Waals surface area contributed by atoms with E-state index in [0.29, 0.717) is 5.92 Å². The highest BCUT2D eigenvalue weighted by Gasteiger charge is 2.36. The molecule has 0 aromatic carbocycles. The Bertz CT molecular complexity index is 223. The van der Waals surface area contributed by atoms with E-state index in [-0.39, 0.29) is 5.92 Å². The average molecular weight is 197 g/mol. The van der Waals surface area contributed by atoms with Crippen molar-refractivity contribution in [1.82, 2.24) is 4.90 Å². The van der Waals surface area contributed by atoms with Crippen LogP contribution in [0, 0.1) is 17.8 Å². The minimum Gasteiger partial charge on any atom is -0.481 e. The van der Waals surface area contributed by atoms with Crippen LogP contribution in [-0.2, 0) is 4.79 Å². The van der Waals surface area contributed by atoms with E-state index in [1.165, 1.54) is 19.5 Å². The summed E-state index contributed by atoms with van der Waals surface area (Å²) in [6.45, 7) is 2.36. The van der Waals surface area contributed by atoms with Crippen LogP contribution in [0.15, 0.2) is 0 Å². The zero-order valence-corrected chi connectivity index (χ0v) is 8.78. The van der Waals surface area contributed by atoms with Gasteiger partial charge < -0.3 is 10.0 Å². The molecular formula is C11H19NO2. The first-order valence-electron chi connectivity index (χ1n) is 5.58. The van der Waals surface area contributed by atoms with Crippen LogP contribution in [-0.4, -0.2) is 36.1 Å². The third kappa shape index (κ3) is 1.92. The standard InChI is InChI=1S/C11H19NO2/c1-12-6-10(7-12)8-3-2-4-9(5-8)11(13)14/h8-10H,2-7H2,1H3,(H,13,14). The Morgan fingerprint density at radius 1 is 1.29 bits per heavy atom. The second-order valence-corrected chi connectivity index (χ2v) is 4.94. The molecule has 0 aromatic rings. The van der Waals surface area contributed by atoms with Crippen molar-refractivity contribution in [1.29, 1.82) is 0 Å². The number of nitrogens with zero attached hydrogens (tertiary/aromatic N) is 1. The molecule has 2 fully saturated rings. The van der Waals surface area contributed by atoms with E-state index < -0.39 is 5.97 Å². The Balaban J connectivity index is 1.85. The number of rotatable bonds is 2. The molecule has 2 aliphatic rings. The Hall–Kier alpha value is -0.570. The molecule has 2 rings (SSSR count). The van der Waals surface area contributed by atoms with Gasteiger partial charge in [0.05, 0.1) is 5.92 Å². The SMILES string of the molecule is CN1CC(C2CCCC(C(=O)O)C2)C1. The van der Waals surface area contributed by atoms with Gasteiger partial charge in [-0.2, -0.15) is 0 Å². The lowest BCUT2D eigenvalue weighted by atomic mass is 9.72. The first kappa shape index (κ1) is 9.97. The zero-order chi connectivity index (χ0) is 10.1. The van der Waals surface area contributed by atoms with Crippen LogP contribution in [0.1, 0.15) is 25.7 Å². The molecule has 0 radical (unpaired) electrons. The van der Waals surface area contributed by atoms with E-state index in [1.54, 1.807) is 0 Å². The summed E-state index contributed by atoms with van der Waals surface area (Å²) in [6.07, 6.45) is 4.19. The zero-order valence-electron chi connectivity index (χ0n) is 8.78. The molecule has 0 spiro atoms. The van der Waals surface area contributed by atoms with E-state index in [0.717, 1.165) is 25.2 Å². The van der Waals surface area contributed by atoms with Gasteiger partial charge in [0.2, 0.25) is 0 Å². The van der Waals surface area contributed by atoms with Crippen LogP contribution in [0.3, 0.4) is 0 Å². The largest absolute Gasteiger partial charge is 0.481 e. The van der Waals surface area contributed by atoms with Gasteiger partial charge in [-0.1, -0.05) is 12.8 Å². The van der Waals surface area contributed by atoms with Crippen LogP contribution < -0.4 is 0 Å². The summed E-state index contributed by atoms with van der Waals surface area (Å²) in [5, 5.41) is 8.97. The third-order valence-electron chi connectivity index (χ3n) is 3.82. The summed E-state index contributed by atoms with van der Waals surface area (Å²) in [7, 11) is 2.13. The molecular weight excluding hydrogens is 178 g/mol. The maximum absolute atomic E-state index is 10.9. The molecule has 80 valence electrons. The molecule has 14 heavy (non-hydrogen) atoms. The van der Waals surface area contributed by atoms with Crippen LogP contribution in [0.4, 0.5) is 0 Å². The third-order valence-corrected chi connectivity index (χ3v) is 3.82. The molecule has 1 heterocycles. The van der Waals surface area contributed by atoms with Crippen molar-refractivity contribution in [2.45, 2.75) is 25.7 Å². The van der Waals surface area contributed by atoms with Gasteiger partial charge in [-0.25, -0.2) is 0 Å². The average Bonchev–Trinajstić information content (AvgIpc) is 2.13. The fourth-order valence-electron chi connectivity index (χ4n) is 2.93. The fourth-order valence-corrected chi connectivity index (χ4v) is 2.93. The molecule has 1 aliphatic heterocycles. The topological polar surface area (TPSA) is 40.5 Å². The highest BCUT2D eigenvalue weighted by Crippen LogP contribution is 2.37. The van der Waals surface area contributed by atoms with Gasteiger partial charge in [0.15, 0.2) is 0 Å². The number of carbonyl (C=O) groups is 1. The lowest BCUT2D eigenvalue weighted by Crippen LogP contribution is -2.48. The quantitative estimate of drug-likeness (QED) is 0.728. The lowest BCUT2D eigenvalue weighted by Gasteiger charge is -2.43. The fraction of sp³-hybridized carbons (Fsp3) is 0.909. The second kappa shape index (κ2) is 3.89. The van der Waals surface area contributed by atoms with Crippen molar-refractivity contribution in [3.05, 3.63) is 0 Å². The maximum atomic E-state index is 10.9. The summed E-state index contributed by atoms with van der Waals surface area (Å²) in [6, 6.07) is 0. The Labute approximate surface area is 85.1 Å². The Morgan fingerprint density at radius 3 is 2.57 bits per heavy atom. The minimum atomic E-state index is -0.581. The molecule has 3 heteroatoms. The Morgan fingerprint density at radius 2 is 2.00 bits per heavy atom. The molecule has 2 unspecified atom stereocenters. The summed E-state index contributed by atoms with van der Waals surface area (Å²) >= 11 is 0. The molecule has 0 bridgehead atoms. The van der Waals surface area contributed by atoms with Gasteiger partial charge in [0.1, 0.15) is 0 Å². The summed E-state index contributed by atoms with van der Waals surface area (Å²) in [5.41, 5.74) is 0. The molecule has 0 aromatic heterocycles. The number of likely N-dealkylation sites (tertiary alicyclic amines) is 1. The number of aliphatic carboxylic acids is 1. The van der Waals surface area contributed by atoms with Crippen LogP contribution in [0.2, 0.25) is 0 Å². The normalized spacial score (nSPS) is 35.2. The number of hydrogen-bond donors (Lipinski definition) is 1. The van der Waals surface area contributed by atoms with Crippen LogP contribution in [0.5, 0.6) is 0 Å². The molecule has 1 saturated carbocycles. The van der Waals surface area contributed by atoms with Crippen molar-refractivity contribution in [3.8, 4) is 0 Å². The van der Waals surface area contributed by atoms with Crippen molar-refractivity contribution in [3.63, 3.8) is 0 Å². The van der Waals surface area contributed by atoms with E-state index in [1.807, 2.05) is 0 Å². The van der Waals surface area contributed by atoms with Crippen molar-refractivity contribution in [2.75, 3.05) is 20.1 Å². The maximum Gasteiger partial charge on any atom is 0.306 e. The van der Waals surface area contributed by atoms with Gasteiger partial charge in [0.25, 0.3) is 0 Å². The number of hydrogen-bond acceptors (Lipinski definition) is 2. The predicted molar refractivity (Wildman–Crippen MR) is 54.1 cm³/mol. The van der Waals surface area contributed by atoms with Gasteiger partial charge in [-0.15, -0.1) is 0 Å². The van der Waals surface area contributed by atoms with E-state index >= 15 is 0 Å². The molecule has 0 amide bonds. The molecule has 1 saturated heterocycles. The molecule has 1 aliphatic carbocycles. The summed E-state index contributed by atoms with van der Waals surface area (Å²) < 4.78 is 0. The molecule has 3 nitrogen and oxygen atoms in total. The van der Waals surface area contributed by atoms with Crippen molar-refractivity contribution < 1.29 is 9.90 Å². The predicted octanol–water partition coefficient (Wildman–Crippen LogP) is 1.44. The monoisotopic (exact) mass is 197 g/mol. The van der Waals surface area contributed by atoms with Crippen molar-refractivity contribution in [2.24, 2.45) is 17.8 Å². The summed E-state index contributed by atoms with van der Waals surface area (Å²) in [4.78, 5) is 13.2. The van der Waals surface area contributed by atoms with Gasteiger partial charge in [-0.3, -0.25) is 4.79 Å². The molecule has 2 atom stereocenters. The first-order valence-corrected chi connectivity index (χ1v) is 5.58. The smallest absolute Gasteiger partial charge is 0.306 e. The van der Waals surface area contributed by atoms with Gasteiger partial charge in [-0.05, 0) is 31.7 Å². The number of carboxylic acids is 1. The van der Waals surface area contributed by atoms with E-state index in [4.69, 9.17) is 5.11 Å². The minimum absolute atomic E-state index is 0.0559. The first-order chi connectivity index (χ1) is 6.66. The van der Waals surface area contributed by atoms with Crippen molar-refractivity contribution >= 4 is 5.97 Å². The lowest BCUT2D eigenvalue weighted by molar-refractivity contribution is -0.144. The summed E-state index contributed by atoms with van der Waals surface area (Å²) in [5.74, 6) is 0.824. The van der Waals surface area contributed by atoms with E-state index in [2.05, 4.69) is 11.9 Å². The highest BCUT2D eigenvalue weighted by molar-refractivity contribution is 5.70. The number of carboxylic acid groups (broad SMARTS) is 1. The second-order valence-electron chi connectivity index (χ2n) is 4.94. The van der Waals surface area contributed by atoms with Crippen LogP contribution >= 0.6 is 0 Å². The van der Waals surface area contributed by atoms with Gasteiger partial charge >= 0.3 is 5.97 Å². The Kier molecular flexibility index (Phi) is 2.77. The molecule has 1 N–H and O–H groups in total. The highest BCUT2D eigenvalue weighted by atomic mass is 16.4. The van der Waals surface area contributed by atoms with E-state index in [9.17, 15) is 4.79 Å².